The summed E-state index contributed by atoms with van der Waals surface area (Å²) >= 11 is 0. The molecule has 0 bridgehead atoms. The van der Waals surface area contributed by atoms with Gasteiger partial charge < -0.3 is 14.5 Å². The molecule has 6 nitrogen and oxygen atoms in total. The number of hydrogen-bond donors (Lipinski definition) is 1. The molecule has 0 spiro atoms. The van der Waals surface area contributed by atoms with Gasteiger partial charge in [0, 0.05) is 24.4 Å². The van der Waals surface area contributed by atoms with E-state index in [0.29, 0.717) is 5.39 Å². The Kier molecular flexibility index (Phi) is 4.07. The van der Waals surface area contributed by atoms with Gasteiger partial charge >= 0.3 is 11.6 Å². The smallest absolute Gasteiger partial charge is 0.349 e. The molecule has 1 heterocycles. The average Bonchev–Trinajstić information content (AvgIpc) is 2.36. The summed E-state index contributed by atoms with van der Waals surface area (Å²) in [5.74, 6) is -0.674. The van der Waals surface area contributed by atoms with Gasteiger partial charge in [-0.15, -0.1) is 0 Å². The Labute approximate surface area is 120 Å². The third-order valence-electron chi connectivity index (χ3n) is 2.63. The first-order chi connectivity index (χ1) is 9.86. The highest BCUT2D eigenvalue weighted by Gasteiger charge is 2.14. The number of ether oxygens (including phenoxy) is 1. The van der Waals surface area contributed by atoms with Gasteiger partial charge in [-0.25, -0.2) is 4.79 Å². The average molecular weight is 289 g/mol. The monoisotopic (exact) mass is 289 g/mol. The van der Waals surface area contributed by atoms with E-state index in [4.69, 9.17) is 9.15 Å². The fourth-order valence-corrected chi connectivity index (χ4v) is 1.82. The summed E-state index contributed by atoms with van der Waals surface area (Å²) in [5, 5.41) is 3.20. The van der Waals surface area contributed by atoms with Gasteiger partial charge in [-0.1, -0.05) is 0 Å². The summed E-state index contributed by atoms with van der Waals surface area (Å²) in [6.45, 7) is 4.87. The molecule has 0 atom stereocenters. The lowest BCUT2D eigenvalue weighted by atomic mass is 10.1. The van der Waals surface area contributed by atoms with Crippen LogP contribution in [-0.4, -0.2) is 17.9 Å². The van der Waals surface area contributed by atoms with Crippen molar-refractivity contribution >= 4 is 22.8 Å². The van der Waals surface area contributed by atoms with Gasteiger partial charge in [0.25, 0.3) is 5.91 Å². The number of nitrogens with one attached hydrogen (secondary N) is 1. The summed E-state index contributed by atoms with van der Waals surface area (Å²) in [5.41, 5.74) is -0.545. The van der Waals surface area contributed by atoms with E-state index in [9.17, 15) is 14.4 Å². The van der Waals surface area contributed by atoms with Crippen molar-refractivity contribution in [3.8, 4) is 5.75 Å². The number of fused-ring (bicyclic) bond motifs is 1. The van der Waals surface area contributed by atoms with Crippen LogP contribution in [-0.2, 0) is 4.79 Å². The molecule has 1 aromatic heterocycles. The Bertz CT molecular complexity index is 760. The molecule has 0 aliphatic carbocycles. The predicted molar refractivity (Wildman–Crippen MR) is 76.4 cm³/mol. The maximum Gasteiger partial charge on any atom is 0.349 e. The van der Waals surface area contributed by atoms with Crippen LogP contribution in [0.25, 0.3) is 11.0 Å². The van der Waals surface area contributed by atoms with Crippen molar-refractivity contribution in [2.24, 2.45) is 0 Å². The molecule has 0 aliphatic heterocycles. The summed E-state index contributed by atoms with van der Waals surface area (Å²) in [6, 6.07) is 5.98. The van der Waals surface area contributed by atoms with E-state index in [1.807, 2.05) is 0 Å². The second-order valence-corrected chi connectivity index (χ2v) is 4.87. The van der Waals surface area contributed by atoms with Gasteiger partial charge in [0.1, 0.15) is 16.9 Å². The fraction of sp³-hybridized carbons (Fsp3) is 0.267. The van der Waals surface area contributed by atoms with Crippen molar-refractivity contribution in [3.63, 3.8) is 0 Å². The molecule has 110 valence electrons. The molecule has 0 fully saturated rings. The van der Waals surface area contributed by atoms with E-state index in [-0.39, 0.29) is 22.9 Å². The quantitative estimate of drug-likeness (QED) is 0.529. The Morgan fingerprint density at radius 3 is 2.57 bits per heavy atom. The maximum absolute atomic E-state index is 11.9. The largest absolute Gasteiger partial charge is 0.427 e. The summed E-state index contributed by atoms with van der Waals surface area (Å²) in [6.07, 6.45) is 0. The van der Waals surface area contributed by atoms with Crippen LogP contribution in [0.1, 0.15) is 31.1 Å². The van der Waals surface area contributed by atoms with Crippen molar-refractivity contribution < 1.29 is 18.7 Å². The van der Waals surface area contributed by atoms with Gasteiger partial charge in [-0.2, -0.15) is 0 Å². The second kappa shape index (κ2) is 5.78. The van der Waals surface area contributed by atoms with Crippen LogP contribution in [0.5, 0.6) is 5.75 Å². The summed E-state index contributed by atoms with van der Waals surface area (Å²) in [7, 11) is 0. The third-order valence-corrected chi connectivity index (χ3v) is 2.63. The number of carbonyl (C=O) groups is 2. The zero-order chi connectivity index (χ0) is 15.6. The molecule has 1 aromatic carbocycles. The van der Waals surface area contributed by atoms with E-state index in [0.717, 1.165) is 0 Å². The van der Waals surface area contributed by atoms with Gasteiger partial charge in [-0.3, -0.25) is 9.59 Å². The van der Waals surface area contributed by atoms with E-state index < -0.39 is 17.5 Å². The summed E-state index contributed by atoms with van der Waals surface area (Å²) < 4.78 is 10.0. The molecule has 0 unspecified atom stereocenters. The van der Waals surface area contributed by atoms with Crippen LogP contribution in [0.15, 0.2) is 33.5 Å². The Hall–Kier alpha value is -2.63. The van der Waals surface area contributed by atoms with Crippen LogP contribution in [0, 0.1) is 0 Å². The molecule has 6 heteroatoms. The highest BCUT2D eigenvalue weighted by Crippen LogP contribution is 2.20. The zero-order valence-corrected chi connectivity index (χ0v) is 11.9. The maximum atomic E-state index is 11.9. The van der Waals surface area contributed by atoms with E-state index in [2.05, 4.69) is 5.32 Å². The van der Waals surface area contributed by atoms with Crippen molar-refractivity contribution in [3.05, 3.63) is 40.2 Å². The van der Waals surface area contributed by atoms with Crippen LogP contribution >= 0.6 is 0 Å². The lowest BCUT2D eigenvalue weighted by Crippen LogP contribution is -2.33. The SMILES string of the molecule is CC(=O)Oc1ccc2cc(C(=O)NC(C)C)c(=O)oc2c1. The predicted octanol–water partition coefficient (Wildman–Crippen LogP) is 1.86. The van der Waals surface area contributed by atoms with Crippen LogP contribution < -0.4 is 15.7 Å². The number of amides is 1. The van der Waals surface area contributed by atoms with E-state index in [1.165, 1.54) is 19.1 Å². The van der Waals surface area contributed by atoms with Crippen molar-refractivity contribution in [1.29, 1.82) is 0 Å². The molecule has 0 aliphatic rings. The van der Waals surface area contributed by atoms with Crippen molar-refractivity contribution in [2.75, 3.05) is 0 Å². The van der Waals surface area contributed by atoms with Crippen molar-refractivity contribution in [1.82, 2.24) is 5.32 Å². The van der Waals surface area contributed by atoms with E-state index in [1.54, 1.807) is 26.0 Å². The Morgan fingerprint density at radius 2 is 1.95 bits per heavy atom. The molecule has 1 N–H and O–H groups in total. The minimum Gasteiger partial charge on any atom is -0.427 e. The number of rotatable bonds is 3. The van der Waals surface area contributed by atoms with Crippen LogP contribution in [0.4, 0.5) is 0 Å². The van der Waals surface area contributed by atoms with Crippen molar-refractivity contribution in [2.45, 2.75) is 26.8 Å². The first-order valence-corrected chi connectivity index (χ1v) is 6.44. The van der Waals surface area contributed by atoms with Gasteiger partial charge in [0.2, 0.25) is 0 Å². The molecule has 1 amide bonds. The summed E-state index contributed by atoms with van der Waals surface area (Å²) in [4.78, 5) is 34.6. The minimum absolute atomic E-state index is 0.0589. The highest BCUT2D eigenvalue weighted by molar-refractivity contribution is 5.96. The Morgan fingerprint density at radius 1 is 1.24 bits per heavy atom. The first kappa shape index (κ1) is 14.8. The Balaban J connectivity index is 2.45. The fourth-order valence-electron chi connectivity index (χ4n) is 1.82. The number of hydrogen-bond acceptors (Lipinski definition) is 5. The topological polar surface area (TPSA) is 85.6 Å². The zero-order valence-electron chi connectivity index (χ0n) is 11.9. The van der Waals surface area contributed by atoms with Gasteiger partial charge in [0.05, 0.1) is 0 Å². The number of carbonyl (C=O) groups excluding carboxylic acids is 2. The van der Waals surface area contributed by atoms with Crippen LogP contribution in [0.2, 0.25) is 0 Å². The third kappa shape index (κ3) is 3.47. The second-order valence-electron chi connectivity index (χ2n) is 4.87. The standard InChI is InChI=1S/C15H15NO5/c1-8(2)16-14(18)12-6-10-4-5-11(20-9(3)17)7-13(10)21-15(12)19/h4-8H,1-3H3,(H,16,18). The lowest BCUT2D eigenvalue weighted by Gasteiger charge is -2.08. The number of esters is 1. The number of benzene rings is 1. The normalized spacial score (nSPS) is 10.7. The highest BCUT2D eigenvalue weighted by atomic mass is 16.5. The molecule has 2 aromatic rings. The molecular formula is C15H15NO5. The molecular weight excluding hydrogens is 274 g/mol. The molecule has 2 rings (SSSR count). The first-order valence-electron chi connectivity index (χ1n) is 6.44. The van der Waals surface area contributed by atoms with Gasteiger partial charge in [0.15, 0.2) is 0 Å². The van der Waals surface area contributed by atoms with Gasteiger partial charge in [-0.05, 0) is 32.0 Å². The molecule has 0 saturated heterocycles. The minimum atomic E-state index is -0.736. The lowest BCUT2D eigenvalue weighted by molar-refractivity contribution is -0.131. The molecule has 0 saturated carbocycles. The van der Waals surface area contributed by atoms with E-state index >= 15 is 0 Å². The molecule has 21 heavy (non-hydrogen) atoms. The van der Waals surface area contributed by atoms with Crippen LogP contribution in [0.3, 0.4) is 0 Å². The molecule has 0 radical (unpaired) electrons.